The molecule has 1 aromatic heterocycles. The number of nitrogens with one attached hydrogen (secondary N) is 1. The minimum absolute atomic E-state index is 0.103. The Kier molecular flexibility index (Phi) is 10.1. The molecule has 0 saturated carbocycles. The molecule has 2 saturated heterocycles. The Bertz CT molecular complexity index is 1380. The molecule has 13 heteroatoms. The Morgan fingerprint density at radius 3 is 2.65 bits per heavy atom. The molecule has 0 aliphatic carbocycles. The van der Waals surface area contributed by atoms with Crippen LogP contribution in [0.15, 0.2) is 41.3 Å². The smallest absolute Gasteiger partial charge is 0.266 e. The summed E-state index contributed by atoms with van der Waals surface area (Å²) in [6, 6.07) is 11.4. The fourth-order valence-corrected chi connectivity index (χ4v) is 6.03. The Morgan fingerprint density at radius 1 is 1.07 bits per heavy atom. The van der Waals surface area contributed by atoms with E-state index in [2.05, 4.69) is 25.5 Å². The van der Waals surface area contributed by atoms with Crippen LogP contribution in [0.25, 0.3) is 17.2 Å². The van der Waals surface area contributed by atoms with E-state index in [1.165, 1.54) is 11.8 Å². The lowest BCUT2D eigenvalue weighted by molar-refractivity contribution is -0.122. The summed E-state index contributed by atoms with van der Waals surface area (Å²) in [6.45, 7) is 5.11. The number of unbranched alkanes of at least 4 members (excludes halogenated alkanes) is 1. The molecular weight excluding hydrogens is 591 g/mol. The summed E-state index contributed by atoms with van der Waals surface area (Å²) in [6.07, 6.45) is 4.15. The first-order valence-corrected chi connectivity index (χ1v) is 15.0. The van der Waals surface area contributed by atoms with Crippen molar-refractivity contribution < 1.29 is 14.3 Å². The van der Waals surface area contributed by atoms with Gasteiger partial charge in [-0.15, -0.1) is 10.2 Å². The zero-order valence-corrected chi connectivity index (χ0v) is 24.8. The van der Waals surface area contributed by atoms with Crippen LogP contribution in [0.1, 0.15) is 24.2 Å². The van der Waals surface area contributed by atoms with Crippen molar-refractivity contribution in [3.8, 4) is 16.9 Å². The van der Waals surface area contributed by atoms with E-state index in [1.807, 2.05) is 36.4 Å². The third-order valence-corrected chi connectivity index (χ3v) is 8.73. The molecular formula is C27H28Cl2N6O3S2. The van der Waals surface area contributed by atoms with E-state index in [0.29, 0.717) is 50.4 Å². The lowest BCUT2D eigenvalue weighted by Gasteiger charge is -2.26. The third kappa shape index (κ3) is 7.39. The number of amides is 1. The van der Waals surface area contributed by atoms with Gasteiger partial charge in [-0.05, 0) is 54.3 Å². The quantitative estimate of drug-likeness (QED) is 0.179. The van der Waals surface area contributed by atoms with Crippen LogP contribution in [0.5, 0.6) is 5.75 Å². The minimum Gasteiger partial charge on any atom is -0.492 e. The maximum Gasteiger partial charge on any atom is 0.266 e. The average Bonchev–Trinajstić information content (AvgIpc) is 3.57. The van der Waals surface area contributed by atoms with Crippen LogP contribution in [-0.4, -0.2) is 86.7 Å². The van der Waals surface area contributed by atoms with Crippen molar-refractivity contribution >= 4 is 63.5 Å². The van der Waals surface area contributed by atoms with E-state index in [0.717, 1.165) is 62.4 Å². The first kappa shape index (κ1) is 29.0. The Balaban J connectivity index is 1.32. The number of nitrogens with zero attached hydrogens (tertiary/aromatic N) is 5. The molecule has 3 heterocycles. The molecule has 9 nitrogen and oxygen atoms in total. The summed E-state index contributed by atoms with van der Waals surface area (Å²) in [5, 5.41) is 14.9. The minimum atomic E-state index is -0.103. The van der Waals surface area contributed by atoms with Gasteiger partial charge in [-0.3, -0.25) is 14.6 Å². The largest absolute Gasteiger partial charge is 0.492 e. The van der Waals surface area contributed by atoms with Crippen LogP contribution >= 0.6 is 47.2 Å². The summed E-state index contributed by atoms with van der Waals surface area (Å²) in [7, 11) is 0. The number of halogens is 2. The van der Waals surface area contributed by atoms with Gasteiger partial charge in [-0.1, -0.05) is 64.5 Å². The van der Waals surface area contributed by atoms with Crippen LogP contribution in [0.3, 0.4) is 0 Å². The summed E-state index contributed by atoms with van der Waals surface area (Å²) >= 11 is 19.3. The fraction of sp³-hybridized carbons (Fsp3) is 0.370. The van der Waals surface area contributed by atoms with Crippen LogP contribution < -0.4 is 4.74 Å². The molecule has 2 aliphatic heterocycles. The highest BCUT2D eigenvalue weighted by molar-refractivity contribution is 8.26. The number of hydrogen-bond acceptors (Lipinski definition) is 9. The Morgan fingerprint density at radius 2 is 1.88 bits per heavy atom. The molecule has 210 valence electrons. The highest BCUT2D eigenvalue weighted by atomic mass is 35.5. The van der Waals surface area contributed by atoms with Crippen molar-refractivity contribution in [2.75, 3.05) is 46.0 Å². The Labute approximate surface area is 252 Å². The van der Waals surface area contributed by atoms with Gasteiger partial charge in [0, 0.05) is 38.2 Å². The van der Waals surface area contributed by atoms with Gasteiger partial charge in [0.15, 0.2) is 5.82 Å². The van der Waals surface area contributed by atoms with Gasteiger partial charge in [0.05, 0.1) is 28.2 Å². The zero-order valence-electron chi connectivity index (χ0n) is 21.6. The number of carbonyl (C=O) groups excluding carboxylic acids is 1. The van der Waals surface area contributed by atoms with Crippen molar-refractivity contribution in [1.29, 1.82) is 0 Å². The van der Waals surface area contributed by atoms with Gasteiger partial charge in [0.25, 0.3) is 5.91 Å². The number of hydrogen-bond donors (Lipinski definition) is 1. The number of aromatic amines is 1. The van der Waals surface area contributed by atoms with Gasteiger partial charge in [-0.25, -0.2) is 0 Å². The maximum atomic E-state index is 13.3. The molecule has 0 bridgehead atoms. The van der Waals surface area contributed by atoms with Gasteiger partial charge in [0.1, 0.15) is 16.7 Å². The molecule has 2 fully saturated rings. The lowest BCUT2D eigenvalue weighted by atomic mass is 10.0. The van der Waals surface area contributed by atoms with Crippen LogP contribution in [0, 0.1) is 0 Å². The third-order valence-electron chi connectivity index (χ3n) is 6.61. The highest BCUT2D eigenvalue weighted by Crippen LogP contribution is 2.37. The summed E-state index contributed by atoms with van der Waals surface area (Å²) in [5.41, 5.74) is 2.64. The number of benzene rings is 2. The molecule has 0 radical (unpaired) electrons. The van der Waals surface area contributed by atoms with Crippen molar-refractivity contribution in [2.24, 2.45) is 0 Å². The number of aromatic nitrogens is 4. The number of thioether (sulfide) groups is 1. The summed E-state index contributed by atoms with van der Waals surface area (Å²) < 4.78 is 12.2. The number of rotatable bonds is 11. The standard InChI is InChI=1S/C27H28Cl2N6O3S2/c28-21-6-4-19(16-22(21)29)18-5-7-23(38-14-11-34-9-12-37-13-10-34)20(15-18)17-24-26(36)35(27(39)40-24)8-2-1-3-25-30-32-33-31-25/h4-7,15-17H,1-3,8-14H2,(H,30,31,32,33)/b24-17-. The molecule has 2 aliphatic rings. The van der Waals surface area contributed by atoms with E-state index >= 15 is 0 Å². The molecule has 1 N–H and O–H groups in total. The highest BCUT2D eigenvalue weighted by Gasteiger charge is 2.31. The van der Waals surface area contributed by atoms with E-state index in [4.69, 9.17) is 44.9 Å². The van der Waals surface area contributed by atoms with E-state index < -0.39 is 0 Å². The molecule has 0 spiro atoms. The normalized spacial score (nSPS) is 17.2. The van der Waals surface area contributed by atoms with E-state index in [9.17, 15) is 4.79 Å². The second-order valence-corrected chi connectivity index (χ2v) is 11.8. The first-order chi connectivity index (χ1) is 19.5. The van der Waals surface area contributed by atoms with Crippen molar-refractivity contribution in [2.45, 2.75) is 19.3 Å². The first-order valence-electron chi connectivity index (χ1n) is 13.0. The predicted octanol–water partition coefficient (Wildman–Crippen LogP) is 5.11. The SMILES string of the molecule is O=C1/C(=C/c2cc(-c3ccc(Cl)c(Cl)c3)ccc2OCCN2CCOCC2)SC(=S)N1CCCCc1nn[nH]n1. The van der Waals surface area contributed by atoms with Crippen LogP contribution in [-0.2, 0) is 16.0 Å². The van der Waals surface area contributed by atoms with E-state index in [-0.39, 0.29) is 5.91 Å². The topological polar surface area (TPSA) is 96.5 Å². The number of morpholine rings is 1. The van der Waals surface area contributed by atoms with Gasteiger partial charge < -0.3 is 9.47 Å². The van der Waals surface area contributed by atoms with Crippen LogP contribution in [0.4, 0.5) is 0 Å². The van der Waals surface area contributed by atoms with Crippen molar-refractivity contribution in [3.63, 3.8) is 0 Å². The lowest BCUT2D eigenvalue weighted by Crippen LogP contribution is -2.38. The number of carbonyl (C=O) groups is 1. The van der Waals surface area contributed by atoms with Gasteiger partial charge in [0.2, 0.25) is 0 Å². The predicted molar refractivity (Wildman–Crippen MR) is 162 cm³/mol. The summed E-state index contributed by atoms with van der Waals surface area (Å²) in [4.78, 5) is 17.9. The number of thiocarbonyl (C=S) groups is 1. The van der Waals surface area contributed by atoms with Crippen molar-refractivity contribution in [1.82, 2.24) is 30.4 Å². The zero-order chi connectivity index (χ0) is 27.9. The average molecular weight is 620 g/mol. The van der Waals surface area contributed by atoms with E-state index in [1.54, 1.807) is 11.0 Å². The van der Waals surface area contributed by atoms with Crippen molar-refractivity contribution in [3.05, 3.63) is 62.7 Å². The monoisotopic (exact) mass is 618 g/mol. The molecule has 3 aromatic rings. The van der Waals surface area contributed by atoms with Gasteiger partial charge in [-0.2, -0.15) is 5.21 Å². The van der Waals surface area contributed by atoms with Gasteiger partial charge >= 0.3 is 0 Å². The number of tetrazole rings is 1. The number of ether oxygens (including phenoxy) is 2. The molecule has 0 atom stereocenters. The number of H-pyrrole nitrogens is 1. The summed E-state index contributed by atoms with van der Waals surface area (Å²) in [5.74, 6) is 1.25. The molecule has 2 aromatic carbocycles. The molecule has 5 rings (SSSR count). The molecule has 40 heavy (non-hydrogen) atoms. The van der Waals surface area contributed by atoms with Crippen LogP contribution in [0.2, 0.25) is 10.0 Å². The maximum absolute atomic E-state index is 13.3. The second-order valence-electron chi connectivity index (χ2n) is 9.30. The number of aryl methyl sites for hydroxylation is 1. The molecule has 1 amide bonds. The fourth-order valence-electron chi connectivity index (χ4n) is 4.43. The second kappa shape index (κ2) is 13.9. The molecule has 0 unspecified atom stereocenters. The Hall–Kier alpha value is -2.54.